The van der Waals surface area contributed by atoms with Crippen molar-refractivity contribution < 1.29 is 19.4 Å². The molecule has 2 N–H and O–H groups in total. The molecule has 0 fully saturated rings. The number of aryl methyl sites for hydroxylation is 1. The Morgan fingerprint density at radius 3 is 2.70 bits per heavy atom. The topological polar surface area (TPSA) is 75.6 Å². The molecule has 23 heavy (non-hydrogen) atoms. The van der Waals surface area contributed by atoms with E-state index in [9.17, 15) is 14.7 Å². The van der Waals surface area contributed by atoms with E-state index in [1.54, 1.807) is 18.2 Å². The van der Waals surface area contributed by atoms with Crippen LogP contribution in [0.4, 0.5) is 0 Å². The monoisotopic (exact) mass is 397 g/mol. The average molecular weight is 398 g/mol. The van der Waals surface area contributed by atoms with Crippen molar-refractivity contribution >= 4 is 39.1 Å². The minimum atomic E-state index is -1.13. The van der Waals surface area contributed by atoms with Gasteiger partial charge in [-0.05, 0) is 57.1 Å². The van der Waals surface area contributed by atoms with Crippen LogP contribution >= 0.6 is 27.3 Å². The number of carbonyl (C=O) groups is 2. The van der Waals surface area contributed by atoms with Gasteiger partial charge in [0, 0.05) is 0 Å². The first-order valence-electron chi connectivity index (χ1n) is 6.91. The molecule has 1 unspecified atom stereocenters. The normalized spacial score (nSPS) is 11.8. The third-order valence-corrected chi connectivity index (χ3v) is 4.94. The van der Waals surface area contributed by atoms with Gasteiger partial charge in [-0.1, -0.05) is 13.0 Å². The maximum atomic E-state index is 12.4. The first kappa shape index (κ1) is 17.5. The van der Waals surface area contributed by atoms with Crippen molar-refractivity contribution in [2.45, 2.75) is 19.4 Å². The Morgan fingerprint density at radius 2 is 2.13 bits per heavy atom. The van der Waals surface area contributed by atoms with Crippen LogP contribution in [0.1, 0.15) is 33.8 Å². The van der Waals surface area contributed by atoms with E-state index in [4.69, 9.17) is 4.74 Å². The number of carbonyl (C=O) groups excluding carboxylic acids is 1. The quantitative estimate of drug-likeness (QED) is 0.779. The lowest BCUT2D eigenvalue weighted by Crippen LogP contribution is -2.33. The first-order valence-corrected chi connectivity index (χ1v) is 8.58. The largest absolute Gasteiger partial charge is 0.496 e. The Labute approximate surface area is 146 Å². The molecule has 2 rings (SSSR count). The summed E-state index contributed by atoms with van der Waals surface area (Å²) in [5.41, 5.74) is 1.38. The number of halogens is 1. The number of thiophene rings is 1. The third-order valence-electron chi connectivity index (χ3n) is 3.37. The van der Waals surface area contributed by atoms with Crippen molar-refractivity contribution in [3.05, 3.63) is 50.1 Å². The van der Waals surface area contributed by atoms with E-state index in [-0.39, 0.29) is 5.91 Å². The maximum Gasteiger partial charge on any atom is 0.330 e. The Bertz CT molecular complexity index is 729. The SMILES string of the molecule is CCc1ccsc1C(=O)NC(C(=O)O)c1ccc(OC)c(Br)c1. The van der Waals surface area contributed by atoms with Gasteiger partial charge in [0.05, 0.1) is 16.5 Å². The Hall–Kier alpha value is -1.86. The van der Waals surface area contributed by atoms with Crippen molar-refractivity contribution in [2.24, 2.45) is 0 Å². The molecule has 0 spiro atoms. The second kappa shape index (κ2) is 7.61. The summed E-state index contributed by atoms with van der Waals surface area (Å²) < 4.78 is 5.76. The van der Waals surface area contributed by atoms with Gasteiger partial charge in [0.1, 0.15) is 5.75 Å². The van der Waals surface area contributed by atoms with Crippen LogP contribution < -0.4 is 10.1 Å². The van der Waals surface area contributed by atoms with Gasteiger partial charge in [0.2, 0.25) is 0 Å². The zero-order valence-corrected chi connectivity index (χ0v) is 15.0. The van der Waals surface area contributed by atoms with Crippen LogP contribution in [-0.2, 0) is 11.2 Å². The van der Waals surface area contributed by atoms with Crippen LogP contribution in [0, 0.1) is 0 Å². The molecule has 122 valence electrons. The summed E-state index contributed by atoms with van der Waals surface area (Å²) in [7, 11) is 1.53. The number of hydrogen-bond donors (Lipinski definition) is 2. The van der Waals surface area contributed by atoms with Crippen molar-refractivity contribution in [3.63, 3.8) is 0 Å². The predicted octanol–water partition coefficient (Wildman–Crippen LogP) is 3.64. The van der Waals surface area contributed by atoms with Gasteiger partial charge in [-0.25, -0.2) is 4.79 Å². The second-order valence-corrected chi connectivity index (χ2v) is 6.54. The fourth-order valence-corrected chi connectivity index (χ4v) is 3.62. The van der Waals surface area contributed by atoms with Gasteiger partial charge in [-0.15, -0.1) is 11.3 Å². The molecular weight excluding hydrogens is 382 g/mol. The van der Waals surface area contributed by atoms with E-state index in [0.717, 1.165) is 12.0 Å². The summed E-state index contributed by atoms with van der Waals surface area (Å²) in [6.07, 6.45) is 0.720. The summed E-state index contributed by atoms with van der Waals surface area (Å²) in [5, 5.41) is 13.9. The van der Waals surface area contributed by atoms with Crippen LogP contribution in [0.3, 0.4) is 0 Å². The van der Waals surface area contributed by atoms with Crippen molar-refractivity contribution in [1.82, 2.24) is 5.32 Å². The van der Waals surface area contributed by atoms with Gasteiger partial charge in [0.15, 0.2) is 6.04 Å². The molecule has 1 aromatic carbocycles. The number of hydrogen-bond acceptors (Lipinski definition) is 4. The molecule has 1 atom stereocenters. The molecule has 0 radical (unpaired) electrons. The highest BCUT2D eigenvalue weighted by molar-refractivity contribution is 9.10. The molecule has 0 bridgehead atoms. The van der Waals surface area contributed by atoms with E-state index < -0.39 is 12.0 Å². The van der Waals surface area contributed by atoms with Crippen molar-refractivity contribution in [2.75, 3.05) is 7.11 Å². The van der Waals surface area contributed by atoms with Gasteiger partial charge >= 0.3 is 5.97 Å². The van der Waals surface area contributed by atoms with E-state index in [1.807, 2.05) is 18.4 Å². The van der Waals surface area contributed by atoms with Crippen LogP contribution in [0.5, 0.6) is 5.75 Å². The summed E-state index contributed by atoms with van der Waals surface area (Å²) in [4.78, 5) is 24.5. The smallest absolute Gasteiger partial charge is 0.330 e. The minimum absolute atomic E-state index is 0.379. The molecule has 0 saturated heterocycles. The highest BCUT2D eigenvalue weighted by Crippen LogP contribution is 2.28. The first-order chi connectivity index (χ1) is 11.0. The number of methoxy groups -OCH3 is 1. The predicted molar refractivity (Wildman–Crippen MR) is 92.2 cm³/mol. The van der Waals surface area contributed by atoms with Gasteiger partial charge in [-0.2, -0.15) is 0 Å². The highest BCUT2D eigenvalue weighted by Gasteiger charge is 2.25. The Balaban J connectivity index is 2.27. The summed E-state index contributed by atoms with van der Waals surface area (Å²) in [6.45, 7) is 1.95. The van der Waals surface area contributed by atoms with Crippen LogP contribution in [0.2, 0.25) is 0 Å². The average Bonchev–Trinajstić information content (AvgIpc) is 3.00. The van der Waals surface area contributed by atoms with E-state index in [0.29, 0.717) is 20.7 Å². The lowest BCUT2D eigenvalue weighted by Gasteiger charge is -2.16. The maximum absolute atomic E-state index is 12.4. The van der Waals surface area contributed by atoms with E-state index in [2.05, 4.69) is 21.2 Å². The molecule has 1 heterocycles. The molecule has 7 heteroatoms. The zero-order valence-electron chi connectivity index (χ0n) is 12.6. The zero-order chi connectivity index (χ0) is 17.0. The number of rotatable bonds is 6. The third kappa shape index (κ3) is 3.92. The molecule has 5 nitrogen and oxygen atoms in total. The van der Waals surface area contributed by atoms with Crippen LogP contribution in [-0.4, -0.2) is 24.1 Å². The number of nitrogens with one attached hydrogen (secondary N) is 1. The molecule has 1 aromatic heterocycles. The van der Waals surface area contributed by atoms with Crippen molar-refractivity contribution in [1.29, 1.82) is 0 Å². The fourth-order valence-electron chi connectivity index (χ4n) is 2.16. The Morgan fingerprint density at radius 1 is 1.39 bits per heavy atom. The Kier molecular flexibility index (Phi) is 5.79. The minimum Gasteiger partial charge on any atom is -0.496 e. The molecular formula is C16H16BrNO4S. The van der Waals surface area contributed by atoms with Gasteiger partial charge in [0.25, 0.3) is 5.91 Å². The highest BCUT2D eigenvalue weighted by atomic mass is 79.9. The van der Waals surface area contributed by atoms with E-state index in [1.165, 1.54) is 18.4 Å². The van der Waals surface area contributed by atoms with Crippen LogP contribution in [0.25, 0.3) is 0 Å². The van der Waals surface area contributed by atoms with E-state index >= 15 is 0 Å². The lowest BCUT2D eigenvalue weighted by atomic mass is 10.1. The number of ether oxygens (including phenoxy) is 1. The summed E-state index contributed by atoms with van der Waals surface area (Å²) >= 11 is 4.63. The molecule has 1 amide bonds. The second-order valence-electron chi connectivity index (χ2n) is 4.77. The standard InChI is InChI=1S/C16H16BrNO4S/c1-3-9-6-7-23-14(9)15(19)18-13(16(20)21)10-4-5-12(22-2)11(17)8-10/h4-8,13H,3H2,1-2H3,(H,18,19)(H,20,21). The lowest BCUT2D eigenvalue weighted by molar-refractivity contribution is -0.139. The number of aliphatic carboxylic acids is 1. The molecule has 0 aliphatic carbocycles. The molecule has 0 aliphatic rings. The van der Waals surface area contributed by atoms with Crippen molar-refractivity contribution in [3.8, 4) is 5.75 Å². The molecule has 0 aliphatic heterocycles. The number of carboxylic acids is 1. The molecule has 2 aromatic rings. The van der Waals surface area contributed by atoms with Gasteiger partial charge in [-0.3, -0.25) is 4.79 Å². The van der Waals surface area contributed by atoms with Crippen LogP contribution in [0.15, 0.2) is 34.1 Å². The summed E-state index contributed by atoms with van der Waals surface area (Å²) in [6, 6.07) is 5.66. The fraction of sp³-hybridized carbons (Fsp3) is 0.250. The number of amides is 1. The summed E-state index contributed by atoms with van der Waals surface area (Å²) in [5.74, 6) is -0.906. The number of benzene rings is 1. The molecule has 0 saturated carbocycles. The number of carboxylic acid groups (broad SMARTS) is 1. The van der Waals surface area contributed by atoms with Gasteiger partial charge < -0.3 is 15.2 Å².